The Morgan fingerprint density at radius 3 is 2.15 bits per heavy atom. The number of aromatic nitrogens is 1. The van der Waals surface area contributed by atoms with Gasteiger partial charge in [-0.15, -0.1) is 0 Å². The van der Waals surface area contributed by atoms with Gasteiger partial charge in [0.2, 0.25) is 0 Å². The fraction of sp³-hybridized carbons (Fsp3) is 0.450. The van der Waals surface area contributed by atoms with Gasteiger partial charge >= 0.3 is 0 Å². The summed E-state index contributed by atoms with van der Waals surface area (Å²) in [6.07, 6.45) is 4.93. The van der Waals surface area contributed by atoms with Gasteiger partial charge in [0.05, 0.1) is 11.9 Å². The summed E-state index contributed by atoms with van der Waals surface area (Å²) in [7, 11) is 0. The molecule has 5 nitrogen and oxygen atoms in total. The maximum atomic E-state index is 12.0. The third kappa shape index (κ3) is 4.93. The Kier molecular flexibility index (Phi) is 6.06. The number of aliphatic hydroxyl groups excluding tert-OH is 1. The molecule has 2 aromatic rings. The molecule has 1 saturated carbocycles. The second-order valence-corrected chi connectivity index (χ2v) is 7.10. The topological polar surface area (TPSA) is 76.8 Å². The molecule has 1 aromatic carbocycles. The average Bonchev–Trinajstić information content (AvgIpc) is 3.20. The van der Waals surface area contributed by atoms with Crippen molar-refractivity contribution in [2.24, 2.45) is 11.8 Å². The third-order valence-electron chi connectivity index (χ3n) is 5.17. The number of aliphatic hydroxyl groups is 1. The van der Waals surface area contributed by atoms with E-state index in [0.717, 1.165) is 24.9 Å². The summed E-state index contributed by atoms with van der Waals surface area (Å²) >= 11 is 0. The fourth-order valence-corrected chi connectivity index (χ4v) is 3.86. The highest BCUT2D eigenvalue weighted by atomic mass is 19.1. The van der Waals surface area contributed by atoms with Gasteiger partial charge < -0.3 is 15.3 Å². The summed E-state index contributed by atoms with van der Waals surface area (Å²) < 4.78 is 12.0. The van der Waals surface area contributed by atoms with Crippen LogP contribution in [0.1, 0.15) is 31.1 Å². The quantitative estimate of drug-likeness (QED) is 0.784. The van der Waals surface area contributed by atoms with Crippen molar-refractivity contribution in [2.75, 3.05) is 19.6 Å². The van der Waals surface area contributed by atoms with Crippen LogP contribution in [0.3, 0.4) is 0 Å². The molecule has 6 heteroatoms. The van der Waals surface area contributed by atoms with Gasteiger partial charge in [-0.2, -0.15) is 0 Å². The van der Waals surface area contributed by atoms with Crippen molar-refractivity contribution in [3.8, 4) is 11.5 Å². The van der Waals surface area contributed by atoms with E-state index in [-0.39, 0.29) is 17.3 Å². The summed E-state index contributed by atoms with van der Waals surface area (Å²) in [4.78, 5) is 6.42. The van der Waals surface area contributed by atoms with Gasteiger partial charge in [-0.05, 0) is 61.1 Å². The van der Waals surface area contributed by atoms with E-state index in [1.54, 1.807) is 12.1 Å². The van der Waals surface area contributed by atoms with Crippen LogP contribution < -0.4 is 0 Å². The first kappa shape index (κ1) is 18.6. The van der Waals surface area contributed by atoms with Gasteiger partial charge in [0.1, 0.15) is 23.4 Å². The van der Waals surface area contributed by atoms with Crippen LogP contribution in [0.4, 0.5) is 4.39 Å². The molecule has 2 aliphatic rings. The number of pyridine rings is 1. The van der Waals surface area contributed by atoms with Crippen molar-refractivity contribution in [3.05, 3.63) is 54.1 Å². The van der Waals surface area contributed by atoms with E-state index in [1.807, 2.05) is 0 Å². The Hall–Kier alpha value is -2.18. The van der Waals surface area contributed by atoms with E-state index < -0.39 is 6.10 Å². The predicted octanol–water partition coefficient (Wildman–Crippen LogP) is 3.08. The zero-order chi connectivity index (χ0) is 18.5. The van der Waals surface area contributed by atoms with Crippen LogP contribution in [0.2, 0.25) is 0 Å². The lowest BCUT2D eigenvalue weighted by molar-refractivity contribution is 0.118. The zero-order valence-electron chi connectivity index (χ0n) is 14.6. The monoisotopic (exact) mass is 360 g/mol. The lowest BCUT2D eigenvalue weighted by Gasteiger charge is -2.20. The molecule has 1 saturated heterocycles. The SMILES string of the molecule is Oc1ccc(C(O)CN2C[C@H]3CCC[C@H]3C2)nc1.Oc1ccc(F)cc1. The molecular formula is C20H25FN2O3. The minimum atomic E-state index is -0.551. The minimum absolute atomic E-state index is 0.0893. The van der Waals surface area contributed by atoms with Crippen LogP contribution in [0.25, 0.3) is 0 Å². The van der Waals surface area contributed by atoms with Gasteiger partial charge in [-0.1, -0.05) is 6.42 Å². The highest BCUT2D eigenvalue weighted by Crippen LogP contribution is 2.38. The van der Waals surface area contributed by atoms with Gasteiger partial charge in [0, 0.05) is 19.6 Å². The van der Waals surface area contributed by atoms with Crippen molar-refractivity contribution in [2.45, 2.75) is 25.4 Å². The minimum Gasteiger partial charge on any atom is -0.508 e. The summed E-state index contributed by atoms with van der Waals surface area (Å²) in [6, 6.07) is 8.27. The second kappa shape index (κ2) is 8.47. The van der Waals surface area contributed by atoms with Gasteiger partial charge in [0.15, 0.2) is 0 Å². The number of hydrogen-bond acceptors (Lipinski definition) is 5. The molecule has 1 unspecified atom stereocenters. The largest absolute Gasteiger partial charge is 0.508 e. The van der Waals surface area contributed by atoms with E-state index in [2.05, 4.69) is 9.88 Å². The summed E-state index contributed by atoms with van der Waals surface area (Å²) in [5.41, 5.74) is 0.643. The number of rotatable bonds is 3. The lowest BCUT2D eigenvalue weighted by Crippen LogP contribution is -2.27. The van der Waals surface area contributed by atoms with Crippen LogP contribution in [0.15, 0.2) is 42.6 Å². The normalized spacial score (nSPS) is 23.2. The molecule has 2 fully saturated rings. The van der Waals surface area contributed by atoms with Gasteiger partial charge in [-0.3, -0.25) is 9.88 Å². The van der Waals surface area contributed by atoms with E-state index in [0.29, 0.717) is 12.2 Å². The van der Waals surface area contributed by atoms with E-state index in [1.165, 1.54) is 49.7 Å². The number of phenolic OH excluding ortho intramolecular Hbond substituents is 1. The standard InChI is InChI=1S/C14H20N2O2.C6H5FO/c17-12-4-5-13(15-6-12)14(18)9-16-7-10-2-1-3-11(10)8-16;7-5-1-3-6(8)4-2-5/h4-6,10-11,14,17-18H,1-3,7-9H2;1-4,8H/t10-,11+,14?;. The van der Waals surface area contributed by atoms with Crippen LogP contribution in [-0.2, 0) is 0 Å². The number of fused-ring (bicyclic) bond motifs is 1. The Morgan fingerprint density at radius 2 is 1.62 bits per heavy atom. The number of phenols is 1. The van der Waals surface area contributed by atoms with Crippen molar-refractivity contribution in [1.29, 1.82) is 0 Å². The molecule has 1 aliphatic carbocycles. The van der Waals surface area contributed by atoms with Crippen LogP contribution in [0, 0.1) is 17.7 Å². The first-order chi connectivity index (χ1) is 12.5. The highest BCUT2D eigenvalue weighted by Gasteiger charge is 2.36. The molecular weight excluding hydrogens is 335 g/mol. The summed E-state index contributed by atoms with van der Waals surface area (Å²) in [6.45, 7) is 2.91. The number of nitrogens with zero attached hydrogens (tertiary/aromatic N) is 2. The predicted molar refractivity (Wildman–Crippen MR) is 96.2 cm³/mol. The molecule has 0 radical (unpaired) electrons. The van der Waals surface area contributed by atoms with Crippen molar-refractivity contribution in [1.82, 2.24) is 9.88 Å². The Balaban J connectivity index is 0.000000206. The zero-order valence-corrected chi connectivity index (χ0v) is 14.6. The maximum Gasteiger partial charge on any atom is 0.133 e. The third-order valence-corrected chi connectivity index (χ3v) is 5.17. The van der Waals surface area contributed by atoms with E-state index in [4.69, 9.17) is 5.11 Å². The van der Waals surface area contributed by atoms with Crippen LogP contribution in [0.5, 0.6) is 11.5 Å². The smallest absolute Gasteiger partial charge is 0.133 e. The molecule has 0 bridgehead atoms. The molecule has 1 aromatic heterocycles. The van der Waals surface area contributed by atoms with Crippen LogP contribution in [-0.4, -0.2) is 44.8 Å². The Labute approximate surface area is 152 Å². The van der Waals surface area contributed by atoms with Crippen molar-refractivity contribution < 1.29 is 19.7 Å². The number of likely N-dealkylation sites (tertiary alicyclic amines) is 1. The number of aromatic hydroxyl groups is 2. The van der Waals surface area contributed by atoms with Crippen molar-refractivity contribution >= 4 is 0 Å². The van der Waals surface area contributed by atoms with Crippen LogP contribution >= 0.6 is 0 Å². The first-order valence-corrected chi connectivity index (χ1v) is 9.01. The second-order valence-electron chi connectivity index (χ2n) is 7.10. The number of β-amino-alcohol motifs (C(OH)–C–C–N with tert-alkyl or cyclic N) is 1. The number of benzene rings is 1. The molecule has 0 amide bonds. The van der Waals surface area contributed by atoms with Gasteiger partial charge in [0.25, 0.3) is 0 Å². The Bertz CT molecular complexity index is 660. The highest BCUT2D eigenvalue weighted by molar-refractivity contribution is 5.20. The van der Waals surface area contributed by atoms with Gasteiger partial charge in [-0.25, -0.2) is 4.39 Å². The molecule has 1 aliphatic heterocycles. The number of halogens is 1. The molecule has 3 N–H and O–H groups in total. The Morgan fingerprint density at radius 1 is 1.00 bits per heavy atom. The lowest BCUT2D eigenvalue weighted by atomic mass is 10.0. The molecule has 3 atom stereocenters. The summed E-state index contributed by atoms with van der Waals surface area (Å²) in [5.74, 6) is 1.60. The van der Waals surface area contributed by atoms with E-state index in [9.17, 15) is 14.6 Å². The average molecular weight is 360 g/mol. The molecule has 4 rings (SSSR count). The first-order valence-electron chi connectivity index (χ1n) is 9.01. The molecule has 2 heterocycles. The van der Waals surface area contributed by atoms with E-state index >= 15 is 0 Å². The van der Waals surface area contributed by atoms with Crippen molar-refractivity contribution in [3.63, 3.8) is 0 Å². The number of hydrogen-bond donors (Lipinski definition) is 3. The molecule has 26 heavy (non-hydrogen) atoms. The fourth-order valence-electron chi connectivity index (χ4n) is 3.86. The molecule has 140 valence electrons. The molecule has 0 spiro atoms. The maximum absolute atomic E-state index is 12.0. The summed E-state index contributed by atoms with van der Waals surface area (Å²) in [5, 5.41) is 27.9.